The van der Waals surface area contributed by atoms with Gasteiger partial charge in [-0.15, -0.1) is 0 Å². The molecule has 1 amide bonds. The van der Waals surface area contributed by atoms with Gasteiger partial charge in [-0.3, -0.25) is 4.98 Å². The zero-order valence-corrected chi connectivity index (χ0v) is 13.0. The second kappa shape index (κ2) is 6.74. The molecule has 0 radical (unpaired) electrons. The summed E-state index contributed by atoms with van der Waals surface area (Å²) in [5, 5.41) is 3.24. The Bertz CT molecular complexity index is 458. The molecule has 0 aliphatic carbocycles. The first-order valence-corrected chi connectivity index (χ1v) is 7.45. The third kappa shape index (κ3) is 4.88. The molecule has 2 rings (SSSR count). The minimum atomic E-state index is -0.461. The lowest BCUT2D eigenvalue weighted by Gasteiger charge is -2.36. The van der Waals surface area contributed by atoms with Crippen molar-refractivity contribution >= 4 is 11.9 Å². The van der Waals surface area contributed by atoms with Gasteiger partial charge in [-0.05, 0) is 40.0 Å². The number of nitrogens with zero attached hydrogens (tertiary/aromatic N) is 3. The van der Waals surface area contributed by atoms with Crippen LogP contribution in [0.5, 0.6) is 0 Å². The second-order valence-corrected chi connectivity index (χ2v) is 6.29. The number of anilines is 1. The van der Waals surface area contributed by atoms with E-state index in [2.05, 4.69) is 15.3 Å². The van der Waals surface area contributed by atoms with Gasteiger partial charge in [0.25, 0.3) is 0 Å². The number of hydrogen-bond acceptors (Lipinski definition) is 5. The Balaban J connectivity index is 1.94. The predicted molar refractivity (Wildman–Crippen MR) is 81.1 cm³/mol. The third-order valence-corrected chi connectivity index (χ3v) is 3.34. The van der Waals surface area contributed by atoms with Gasteiger partial charge in [-0.2, -0.15) is 0 Å². The Morgan fingerprint density at radius 2 is 2.24 bits per heavy atom. The quantitative estimate of drug-likeness (QED) is 0.927. The standard InChI is InChI=1S/C15H24N4O2/c1-15(2,3)21-14(20)19-9-5-4-6-12(19)10-18-13-11-16-7-8-17-13/h7-8,11-12H,4-6,9-10H2,1-3H3,(H,17,18). The normalized spacial score (nSPS) is 19.2. The molecule has 0 spiro atoms. The fourth-order valence-electron chi connectivity index (χ4n) is 2.39. The molecule has 0 bridgehead atoms. The maximum Gasteiger partial charge on any atom is 0.410 e. The van der Waals surface area contributed by atoms with E-state index in [1.165, 1.54) is 0 Å². The van der Waals surface area contributed by atoms with E-state index in [4.69, 9.17) is 4.74 Å². The number of hydrogen-bond donors (Lipinski definition) is 1. The molecule has 1 saturated heterocycles. The van der Waals surface area contributed by atoms with Gasteiger partial charge in [0.15, 0.2) is 0 Å². The van der Waals surface area contributed by atoms with Crippen molar-refractivity contribution in [3.8, 4) is 0 Å². The van der Waals surface area contributed by atoms with Gasteiger partial charge in [-0.25, -0.2) is 9.78 Å². The number of ether oxygens (including phenoxy) is 1. The molecular formula is C15H24N4O2. The average Bonchev–Trinajstić information content (AvgIpc) is 2.45. The van der Waals surface area contributed by atoms with Crippen molar-refractivity contribution in [2.75, 3.05) is 18.4 Å². The van der Waals surface area contributed by atoms with Crippen LogP contribution in [0.25, 0.3) is 0 Å². The smallest absolute Gasteiger partial charge is 0.410 e. The molecule has 1 aliphatic rings. The highest BCUT2D eigenvalue weighted by Crippen LogP contribution is 2.20. The molecule has 6 heteroatoms. The number of aromatic nitrogens is 2. The van der Waals surface area contributed by atoms with E-state index in [0.29, 0.717) is 6.54 Å². The van der Waals surface area contributed by atoms with Crippen molar-refractivity contribution in [1.82, 2.24) is 14.9 Å². The van der Waals surface area contributed by atoms with Gasteiger partial charge >= 0.3 is 6.09 Å². The number of rotatable bonds is 3. The maximum absolute atomic E-state index is 12.3. The summed E-state index contributed by atoms with van der Waals surface area (Å²) in [5.41, 5.74) is -0.461. The summed E-state index contributed by atoms with van der Waals surface area (Å²) in [4.78, 5) is 22.3. The van der Waals surface area contributed by atoms with Crippen molar-refractivity contribution in [1.29, 1.82) is 0 Å². The van der Waals surface area contributed by atoms with Gasteiger partial charge in [0.2, 0.25) is 0 Å². The van der Waals surface area contributed by atoms with Crippen LogP contribution in [0.4, 0.5) is 10.6 Å². The zero-order chi connectivity index (χ0) is 15.3. The largest absolute Gasteiger partial charge is 0.444 e. The predicted octanol–water partition coefficient (Wildman–Crippen LogP) is 2.68. The Labute approximate surface area is 125 Å². The van der Waals surface area contributed by atoms with Gasteiger partial charge in [-0.1, -0.05) is 0 Å². The van der Waals surface area contributed by atoms with Crippen LogP contribution in [-0.4, -0.2) is 45.7 Å². The van der Waals surface area contributed by atoms with Crippen molar-refractivity contribution in [3.63, 3.8) is 0 Å². The summed E-state index contributed by atoms with van der Waals surface area (Å²) in [6.45, 7) is 7.09. The summed E-state index contributed by atoms with van der Waals surface area (Å²) in [7, 11) is 0. The van der Waals surface area contributed by atoms with E-state index in [-0.39, 0.29) is 12.1 Å². The molecule has 21 heavy (non-hydrogen) atoms. The van der Waals surface area contributed by atoms with E-state index in [1.807, 2.05) is 25.7 Å². The number of carbonyl (C=O) groups excluding carboxylic acids is 1. The van der Waals surface area contributed by atoms with Gasteiger partial charge < -0.3 is 15.0 Å². The molecular weight excluding hydrogens is 268 g/mol. The van der Waals surface area contributed by atoms with E-state index < -0.39 is 5.60 Å². The summed E-state index contributed by atoms with van der Waals surface area (Å²) < 4.78 is 5.49. The average molecular weight is 292 g/mol. The van der Waals surface area contributed by atoms with Gasteiger partial charge in [0.1, 0.15) is 11.4 Å². The van der Waals surface area contributed by atoms with Crippen LogP contribution in [0.2, 0.25) is 0 Å². The van der Waals surface area contributed by atoms with Crippen LogP contribution < -0.4 is 5.32 Å². The lowest BCUT2D eigenvalue weighted by molar-refractivity contribution is 0.0114. The minimum Gasteiger partial charge on any atom is -0.444 e. The molecule has 0 aromatic carbocycles. The summed E-state index contributed by atoms with van der Waals surface area (Å²) in [6.07, 6.45) is 7.88. The van der Waals surface area contributed by atoms with E-state index in [0.717, 1.165) is 31.6 Å². The highest BCUT2D eigenvalue weighted by molar-refractivity contribution is 5.68. The number of carbonyl (C=O) groups is 1. The van der Waals surface area contributed by atoms with E-state index >= 15 is 0 Å². The molecule has 116 valence electrons. The highest BCUT2D eigenvalue weighted by Gasteiger charge is 2.30. The lowest BCUT2D eigenvalue weighted by Crippen LogP contribution is -2.48. The number of amides is 1. The van der Waals surface area contributed by atoms with Crippen molar-refractivity contribution in [2.24, 2.45) is 0 Å². The molecule has 0 saturated carbocycles. The zero-order valence-electron chi connectivity index (χ0n) is 13.0. The number of nitrogens with one attached hydrogen (secondary N) is 1. The first kappa shape index (κ1) is 15.5. The van der Waals surface area contributed by atoms with Crippen LogP contribution in [0.3, 0.4) is 0 Å². The van der Waals surface area contributed by atoms with Crippen molar-refractivity contribution in [2.45, 2.75) is 51.7 Å². The fourth-order valence-corrected chi connectivity index (χ4v) is 2.39. The van der Waals surface area contributed by atoms with Crippen LogP contribution in [0, 0.1) is 0 Å². The molecule has 1 unspecified atom stereocenters. The Morgan fingerprint density at radius 3 is 2.90 bits per heavy atom. The summed E-state index contributed by atoms with van der Waals surface area (Å²) in [5.74, 6) is 0.729. The SMILES string of the molecule is CC(C)(C)OC(=O)N1CCCCC1CNc1cnccn1. The Kier molecular flexibility index (Phi) is 4.98. The van der Waals surface area contributed by atoms with Gasteiger partial charge in [0, 0.05) is 25.5 Å². The van der Waals surface area contributed by atoms with Crippen molar-refractivity contribution < 1.29 is 9.53 Å². The topological polar surface area (TPSA) is 67.3 Å². The van der Waals surface area contributed by atoms with Crippen LogP contribution >= 0.6 is 0 Å². The van der Waals surface area contributed by atoms with E-state index in [9.17, 15) is 4.79 Å². The Morgan fingerprint density at radius 1 is 1.43 bits per heavy atom. The first-order chi connectivity index (χ1) is 9.96. The van der Waals surface area contributed by atoms with Crippen LogP contribution in [0.15, 0.2) is 18.6 Å². The monoisotopic (exact) mass is 292 g/mol. The first-order valence-electron chi connectivity index (χ1n) is 7.45. The molecule has 1 fully saturated rings. The number of piperidine rings is 1. The Hall–Kier alpha value is -1.85. The highest BCUT2D eigenvalue weighted by atomic mass is 16.6. The minimum absolute atomic E-state index is 0.135. The maximum atomic E-state index is 12.3. The molecule has 1 aromatic heterocycles. The summed E-state index contributed by atoms with van der Waals surface area (Å²) >= 11 is 0. The van der Waals surface area contributed by atoms with E-state index in [1.54, 1.807) is 18.6 Å². The molecule has 1 atom stereocenters. The molecule has 6 nitrogen and oxygen atoms in total. The molecule has 1 aromatic rings. The fraction of sp³-hybridized carbons (Fsp3) is 0.667. The molecule has 2 heterocycles. The van der Waals surface area contributed by atoms with Crippen LogP contribution in [-0.2, 0) is 4.74 Å². The third-order valence-electron chi connectivity index (χ3n) is 3.34. The number of likely N-dealkylation sites (tertiary alicyclic amines) is 1. The second-order valence-electron chi connectivity index (χ2n) is 6.29. The summed E-state index contributed by atoms with van der Waals surface area (Å²) in [6, 6.07) is 0.135. The van der Waals surface area contributed by atoms with Crippen LogP contribution in [0.1, 0.15) is 40.0 Å². The van der Waals surface area contributed by atoms with Crippen molar-refractivity contribution in [3.05, 3.63) is 18.6 Å². The lowest BCUT2D eigenvalue weighted by atomic mass is 10.0. The molecule has 1 N–H and O–H groups in total. The molecule has 1 aliphatic heterocycles. The van der Waals surface area contributed by atoms with Gasteiger partial charge in [0.05, 0.1) is 12.2 Å².